The number of ether oxygens (including phenoxy) is 1. The molecule has 1 aromatic heterocycles. The third-order valence-electron chi connectivity index (χ3n) is 2.40. The number of carbonyl (C=O) groups is 1. The van der Waals surface area contributed by atoms with Crippen molar-refractivity contribution in [2.75, 3.05) is 5.32 Å². The predicted molar refractivity (Wildman–Crippen MR) is 68.4 cm³/mol. The summed E-state index contributed by atoms with van der Waals surface area (Å²) in [6.07, 6.45) is 2.76. The number of rotatable bonds is 4. The molecule has 5 nitrogen and oxygen atoms in total. The van der Waals surface area contributed by atoms with Crippen molar-refractivity contribution in [3.63, 3.8) is 0 Å². The molecule has 0 spiro atoms. The van der Waals surface area contributed by atoms with E-state index in [0.717, 1.165) is 0 Å². The molecule has 1 heterocycles. The fraction of sp³-hybridized carbons (Fsp3) is 0.231. The molecule has 0 aliphatic carbocycles. The molecule has 5 heteroatoms. The predicted octanol–water partition coefficient (Wildman–Crippen LogP) is 1.83. The fourth-order valence-electron chi connectivity index (χ4n) is 1.49. The molecule has 1 N–H and O–H groups in total. The van der Waals surface area contributed by atoms with Gasteiger partial charge in [0.25, 0.3) is 5.91 Å². The van der Waals surface area contributed by atoms with Crippen LogP contribution in [0.4, 0.5) is 5.69 Å². The van der Waals surface area contributed by atoms with Crippen LogP contribution in [-0.2, 0) is 11.8 Å². The van der Waals surface area contributed by atoms with Crippen LogP contribution in [0.3, 0.4) is 0 Å². The first-order valence-electron chi connectivity index (χ1n) is 5.66. The lowest BCUT2D eigenvalue weighted by Crippen LogP contribution is -2.29. The number of aromatic nitrogens is 2. The van der Waals surface area contributed by atoms with Crippen molar-refractivity contribution in [2.24, 2.45) is 7.05 Å². The summed E-state index contributed by atoms with van der Waals surface area (Å²) in [5.41, 5.74) is 0.658. The number of aryl methyl sites for hydroxylation is 1. The molecule has 2 aromatic rings. The zero-order chi connectivity index (χ0) is 13.0. The Labute approximate surface area is 105 Å². The molecule has 0 aliphatic rings. The van der Waals surface area contributed by atoms with E-state index in [1.54, 1.807) is 31.0 Å². The van der Waals surface area contributed by atoms with E-state index in [9.17, 15) is 4.79 Å². The number of nitrogens with zero attached hydrogens (tertiary/aromatic N) is 2. The second-order valence-corrected chi connectivity index (χ2v) is 3.97. The quantitative estimate of drug-likeness (QED) is 0.894. The minimum absolute atomic E-state index is 0.202. The van der Waals surface area contributed by atoms with Crippen molar-refractivity contribution < 1.29 is 9.53 Å². The number of para-hydroxylation sites is 1. The van der Waals surface area contributed by atoms with Gasteiger partial charge in [-0.15, -0.1) is 0 Å². The molecule has 0 aliphatic heterocycles. The fourth-order valence-corrected chi connectivity index (χ4v) is 1.49. The molecular weight excluding hydrogens is 230 g/mol. The Morgan fingerprint density at radius 1 is 1.39 bits per heavy atom. The van der Waals surface area contributed by atoms with Gasteiger partial charge in [0, 0.05) is 13.2 Å². The zero-order valence-electron chi connectivity index (χ0n) is 10.3. The van der Waals surface area contributed by atoms with Crippen molar-refractivity contribution in [3.05, 3.63) is 42.7 Å². The summed E-state index contributed by atoms with van der Waals surface area (Å²) >= 11 is 0. The van der Waals surface area contributed by atoms with E-state index in [-0.39, 0.29) is 5.91 Å². The molecule has 0 radical (unpaired) electrons. The molecule has 0 bridgehead atoms. The lowest BCUT2D eigenvalue weighted by molar-refractivity contribution is -0.122. The van der Waals surface area contributed by atoms with Crippen LogP contribution < -0.4 is 10.1 Å². The number of benzene rings is 1. The van der Waals surface area contributed by atoms with Gasteiger partial charge in [0.2, 0.25) is 0 Å². The number of anilines is 1. The number of carbonyl (C=O) groups excluding carboxylic acids is 1. The lowest BCUT2D eigenvalue weighted by atomic mass is 10.3. The summed E-state index contributed by atoms with van der Waals surface area (Å²) in [7, 11) is 1.79. The Hall–Kier alpha value is -2.30. The Bertz CT molecular complexity index is 522. The number of hydrogen-bond donors (Lipinski definition) is 1. The average Bonchev–Trinajstić information content (AvgIpc) is 2.76. The van der Waals surface area contributed by atoms with Gasteiger partial charge in [-0.1, -0.05) is 18.2 Å². The van der Waals surface area contributed by atoms with E-state index in [1.165, 1.54) is 0 Å². The monoisotopic (exact) mass is 245 g/mol. The number of amides is 1. The average molecular weight is 245 g/mol. The van der Waals surface area contributed by atoms with Crippen molar-refractivity contribution in [2.45, 2.75) is 13.0 Å². The van der Waals surface area contributed by atoms with E-state index >= 15 is 0 Å². The van der Waals surface area contributed by atoms with E-state index in [2.05, 4.69) is 10.4 Å². The number of hydrogen-bond acceptors (Lipinski definition) is 3. The Balaban J connectivity index is 1.93. The third kappa shape index (κ3) is 3.10. The van der Waals surface area contributed by atoms with Gasteiger partial charge in [0.1, 0.15) is 5.75 Å². The summed E-state index contributed by atoms with van der Waals surface area (Å²) in [5, 5.41) is 6.71. The SMILES string of the molecule is CC(Oc1ccccc1)C(=O)Nc1cnn(C)c1. The van der Waals surface area contributed by atoms with Crippen LogP contribution in [0.5, 0.6) is 5.75 Å². The number of nitrogens with one attached hydrogen (secondary N) is 1. The second-order valence-electron chi connectivity index (χ2n) is 3.97. The smallest absolute Gasteiger partial charge is 0.265 e. The van der Waals surface area contributed by atoms with Crippen molar-refractivity contribution >= 4 is 11.6 Å². The maximum absolute atomic E-state index is 11.9. The highest BCUT2D eigenvalue weighted by Crippen LogP contribution is 2.12. The van der Waals surface area contributed by atoms with Crippen LogP contribution in [0.1, 0.15) is 6.92 Å². The van der Waals surface area contributed by atoms with Crippen molar-refractivity contribution in [1.29, 1.82) is 0 Å². The highest BCUT2D eigenvalue weighted by atomic mass is 16.5. The van der Waals surface area contributed by atoms with Crippen LogP contribution in [-0.4, -0.2) is 21.8 Å². The third-order valence-corrected chi connectivity index (χ3v) is 2.40. The van der Waals surface area contributed by atoms with E-state index in [4.69, 9.17) is 4.74 Å². The molecule has 1 aromatic carbocycles. The van der Waals surface area contributed by atoms with Gasteiger partial charge in [-0.05, 0) is 19.1 Å². The van der Waals surface area contributed by atoms with Crippen LogP contribution in [0.2, 0.25) is 0 Å². The molecule has 1 unspecified atom stereocenters. The molecule has 0 fully saturated rings. The van der Waals surface area contributed by atoms with Gasteiger partial charge in [-0.3, -0.25) is 9.48 Å². The van der Waals surface area contributed by atoms with Crippen LogP contribution >= 0.6 is 0 Å². The molecular formula is C13H15N3O2. The van der Waals surface area contributed by atoms with Gasteiger partial charge in [0.15, 0.2) is 6.10 Å². The first kappa shape index (κ1) is 12.2. The summed E-state index contributed by atoms with van der Waals surface area (Å²) in [6.45, 7) is 1.71. The van der Waals surface area contributed by atoms with Crippen molar-refractivity contribution in [1.82, 2.24) is 9.78 Å². The van der Waals surface area contributed by atoms with E-state index in [1.807, 2.05) is 30.3 Å². The summed E-state index contributed by atoms with van der Waals surface area (Å²) in [4.78, 5) is 11.9. The van der Waals surface area contributed by atoms with Gasteiger partial charge >= 0.3 is 0 Å². The molecule has 2 rings (SSSR count). The maximum atomic E-state index is 11.9. The Kier molecular flexibility index (Phi) is 3.62. The molecule has 0 saturated carbocycles. The Morgan fingerprint density at radius 2 is 2.11 bits per heavy atom. The minimum atomic E-state index is -0.562. The molecule has 0 saturated heterocycles. The van der Waals surface area contributed by atoms with Gasteiger partial charge < -0.3 is 10.1 Å². The lowest BCUT2D eigenvalue weighted by Gasteiger charge is -2.13. The highest BCUT2D eigenvalue weighted by molar-refractivity contribution is 5.93. The highest BCUT2D eigenvalue weighted by Gasteiger charge is 2.15. The van der Waals surface area contributed by atoms with Gasteiger partial charge in [-0.2, -0.15) is 5.10 Å². The zero-order valence-corrected chi connectivity index (χ0v) is 10.3. The van der Waals surface area contributed by atoms with E-state index in [0.29, 0.717) is 11.4 Å². The molecule has 18 heavy (non-hydrogen) atoms. The summed E-state index contributed by atoms with van der Waals surface area (Å²) in [5.74, 6) is 0.471. The van der Waals surface area contributed by atoms with Crippen LogP contribution in [0, 0.1) is 0 Å². The van der Waals surface area contributed by atoms with Gasteiger partial charge in [0.05, 0.1) is 11.9 Å². The second kappa shape index (κ2) is 5.35. The van der Waals surface area contributed by atoms with Crippen molar-refractivity contribution in [3.8, 4) is 5.75 Å². The maximum Gasteiger partial charge on any atom is 0.265 e. The normalized spacial score (nSPS) is 11.9. The first-order valence-corrected chi connectivity index (χ1v) is 5.66. The standard InChI is InChI=1S/C13H15N3O2/c1-10(18-12-6-4-3-5-7-12)13(17)15-11-8-14-16(2)9-11/h3-10H,1-2H3,(H,15,17). The molecule has 94 valence electrons. The molecule has 1 atom stereocenters. The summed E-state index contributed by atoms with van der Waals surface area (Å²) < 4.78 is 7.14. The first-order chi connectivity index (χ1) is 8.65. The topological polar surface area (TPSA) is 56.1 Å². The van der Waals surface area contributed by atoms with E-state index < -0.39 is 6.10 Å². The van der Waals surface area contributed by atoms with Crippen LogP contribution in [0.25, 0.3) is 0 Å². The van der Waals surface area contributed by atoms with Crippen LogP contribution in [0.15, 0.2) is 42.7 Å². The Morgan fingerprint density at radius 3 is 2.72 bits per heavy atom. The molecule has 1 amide bonds. The largest absolute Gasteiger partial charge is 0.481 e. The minimum Gasteiger partial charge on any atom is -0.481 e. The van der Waals surface area contributed by atoms with Gasteiger partial charge in [-0.25, -0.2) is 0 Å². The summed E-state index contributed by atoms with van der Waals surface area (Å²) in [6, 6.07) is 9.25.